The molecule has 0 atom stereocenters. The minimum absolute atomic E-state index is 0.254. The molecule has 3 rings (SSSR count). The fraction of sp³-hybridized carbons (Fsp3) is 0.375. The summed E-state index contributed by atoms with van der Waals surface area (Å²) in [5, 5.41) is 12.7. The van der Waals surface area contributed by atoms with E-state index in [1.54, 1.807) is 12.1 Å². The highest BCUT2D eigenvalue weighted by Crippen LogP contribution is 2.26. The highest BCUT2D eigenvalue weighted by atomic mass is 16.3. The molecule has 2 N–H and O–H groups in total. The molecule has 0 amide bonds. The lowest BCUT2D eigenvalue weighted by molar-refractivity contribution is 0.475. The fourth-order valence-corrected chi connectivity index (χ4v) is 2.80. The lowest BCUT2D eigenvalue weighted by atomic mass is 10.1. The van der Waals surface area contributed by atoms with E-state index < -0.39 is 0 Å². The molecule has 2 aromatic rings. The number of hydrogen-bond acceptors (Lipinski definition) is 5. The second kappa shape index (κ2) is 5.69. The molecule has 0 aliphatic carbocycles. The summed E-state index contributed by atoms with van der Waals surface area (Å²) in [6.45, 7) is 8.05. The van der Waals surface area contributed by atoms with Crippen LogP contribution in [0.4, 0.5) is 5.69 Å². The Kier molecular flexibility index (Phi) is 3.75. The Morgan fingerprint density at radius 3 is 2.14 bits per heavy atom. The highest BCUT2D eigenvalue weighted by Gasteiger charge is 2.18. The molecule has 5 heteroatoms. The van der Waals surface area contributed by atoms with Crippen LogP contribution in [-0.2, 0) is 0 Å². The van der Waals surface area contributed by atoms with E-state index in [1.807, 2.05) is 26.0 Å². The molecular formula is C16H20N4O. The van der Waals surface area contributed by atoms with Gasteiger partial charge in [0.25, 0.3) is 0 Å². The molecule has 2 heterocycles. The number of phenolic OH excluding ortho intramolecular Hbond substituents is 1. The normalized spacial score (nSPS) is 15.2. The molecule has 1 saturated heterocycles. The molecule has 1 aliphatic heterocycles. The summed E-state index contributed by atoms with van der Waals surface area (Å²) in [6.07, 6.45) is 0. The lowest BCUT2D eigenvalue weighted by Gasteiger charge is -2.31. The van der Waals surface area contributed by atoms with Crippen molar-refractivity contribution in [2.45, 2.75) is 13.8 Å². The van der Waals surface area contributed by atoms with Crippen LogP contribution in [0.15, 0.2) is 24.3 Å². The zero-order valence-electron chi connectivity index (χ0n) is 12.4. The van der Waals surface area contributed by atoms with Gasteiger partial charge in [0.15, 0.2) is 5.82 Å². The van der Waals surface area contributed by atoms with Crippen LogP contribution in [0.2, 0.25) is 0 Å². The van der Waals surface area contributed by atoms with E-state index in [1.165, 1.54) is 0 Å². The molecule has 1 aromatic heterocycles. The van der Waals surface area contributed by atoms with Gasteiger partial charge in [0, 0.05) is 31.7 Å². The minimum atomic E-state index is 0.254. The van der Waals surface area contributed by atoms with E-state index in [-0.39, 0.29) is 5.75 Å². The molecule has 1 aromatic carbocycles. The van der Waals surface area contributed by atoms with Gasteiger partial charge < -0.3 is 15.3 Å². The summed E-state index contributed by atoms with van der Waals surface area (Å²) in [4.78, 5) is 11.7. The van der Waals surface area contributed by atoms with Crippen molar-refractivity contribution >= 4 is 5.69 Å². The number of aryl methyl sites for hydroxylation is 2. The van der Waals surface area contributed by atoms with Gasteiger partial charge in [0.1, 0.15) is 5.75 Å². The van der Waals surface area contributed by atoms with Crippen molar-refractivity contribution in [1.29, 1.82) is 0 Å². The topological polar surface area (TPSA) is 61.3 Å². The zero-order valence-corrected chi connectivity index (χ0v) is 12.4. The molecule has 0 radical (unpaired) electrons. The summed E-state index contributed by atoms with van der Waals surface area (Å²) in [6, 6.07) is 7.00. The quantitative estimate of drug-likeness (QED) is 0.881. The van der Waals surface area contributed by atoms with Gasteiger partial charge in [-0.25, -0.2) is 9.97 Å². The Bertz CT molecular complexity index is 610. The second-order valence-electron chi connectivity index (χ2n) is 5.35. The smallest absolute Gasteiger partial charge is 0.159 e. The number of nitrogens with one attached hydrogen (secondary N) is 1. The maximum Gasteiger partial charge on any atom is 0.159 e. The van der Waals surface area contributed by atoms with Crippen LogP contribution in [0.5, 0.6) is 5.75 Å². The fourth-order valence-electron chi connectivity index (χ4n) is 2.80. The molecule has 5 nitrogen and oxygen atoms in total. The number of aromatic hydroxyl groups is 1. The number of hydrogen-bond donors (Lipinski definition) is 2. The van der Waals surface area contributed by atoms with Gasteiger partial charge in [-0.1, -0.05) is 0 Å². The van der Waals surface area contributed by atoms with E-state index in [9.17, 15) is 5.11 Å². The largest absolute Gasteiger partial charge is 0.508 e. The summed E-state index contributed by atoms with van der Waals surface area (Å²) < 4.78 is 0. The first-order valence-corrected chi connectivity index (χ1v) is 7.25. The number of phenols is 1. The van der Waals surface area contributed by atoms with Gasteiger partial charge >= 0.3 is 0 Å². The highest BCUT2D eigenvalue weighted by molar-refractivity contribution is 5.62. The van der Waals surface area contributed by atoms with Gasteiger partial charge in [-0.2, -0.15) is 0 Å². The van der Waals surface area contributed by atoms with Gasteiger partial charge in [-0.05, 0) is 38.1 Å². The third-order valence-corrected chi connectivity index (χ3v) is 3.79. The van der Waals surface area contributed by atoms with Crippen molar-refractivity contribution < 1.29 is 5.11 Å². The van der Waals surface area contributed by atoms with Crippen LogP contribution in [0.1, 0.15) is 11.4 Å². The van der Waals surface area contributed by atoms with Crippen LogP contribution < -0.4 is 10.2 Å². The van der Waals surface area contributed by atoms with Crippen molar-refractivity contribution in [2.24, 2.45) is 0 Å². The predicted octanol–water partition coefficient (Wildman–Crippen LogP) is 1.88. The molecule has 0 saturated carbocycles. The number of aromatic nitrogens is 2. The zero-order chi connectivity index (χ0) is 14.8. The second-order valence-corrected chi connectivity index (χ2v) is 5.35. The summed E-state index contributed by atoms with van der Waals surface area (Å²) in [5.74, 6) is 0.966. The Morgan fingerprint density at radius 1 is 1.00 bits per heavy atom. The average Bonchev–Trinajstić information content (AvgIpc) is 2.48. The Labute approximate surface area is 124 Å². The Morgan fingerprint density at radius 2 is 1.57 bits per heavy atom. The van der Waals surface area contributed by atoms with Crippen molar-refractivity contribution in [1.82, 2.24) is 15.3 Å². The van der Waals surface area contributed by atoms with Crippen molar-refractivity contribution in [3.63, 3.8) is 0 Å². The Hall–Kier alpha value is -2.14. The number of nitrogens with zero attached hydrogens (tertiary/aromatic N) is 3. The maximum atomic E-state index is 9.37. The van der Waals surface area contributed by atoms with Crippen LogP contribution in [-0.4, -0.2) is 41.3 Å². The van der Waals surface area contributed by atoms with Crippen LogP contribution in [0.3, 0.4) is 0 Å². The third-order valence-electron chi connectivity index (χ3n) is 3.79. The van der Waals surface area contributed by atoms with Gasteiger partial charge in [-0.3, -0.25) is 0 Å². The average molecular weight is 284 g/mol. The maximum absolute atomic E-state index is 9.37. The standard InChI is InChI=1S/C16H20N4O/c1-11-15(20-9-7-17-8-10-20)12(2)19-16(18-11)13-3-5-14(21)6-4-13/h3-6,17,21H,7-10H2,1-2H3. The number of piperazine rings is 1. The lowest BCUT2D eigenvalue weighted by Crippen LogP contribution is -2.44. The van der Waals surface area contributed by atoms with Gasteiger partial charge in [-0.15, -0.1) is 0 Å². The van der Waals surface area contributed by atoms with E-state index in [4.69, 9.17) is 0 Å². The summed E-state index contributed by atoms with van der Waals surface area (Å²) in [7, 11) is 0. The molecule has 1 aliphatic rings. The minimum Gasteiger partial charge on any atom is -0.508 e. The molecule has 0 unspecified atom stereocenters. The molecule has 110 valence electrons. The third kappa shape index (κ3) is 2.83. The van der Waals surface area contributed by atoms with Crippen LogP contribution in [0, 0.1) is 13.8 Å². The van der Waals surface area contributed by atoms with E-state index in [0.717, 1.165) is 48.8 Å². The molecular weight excluding hydrogens is 264 g/mol. The first-order chi connectivity index (χ1) is 10.1. The first-order valence-electron chi connectivity index (χ1n) is 7.25. The van der Waals surface area contributed by atoms with Crippen LogP contribution in [0.25, 0.3) is 11.4 Å². The van der Waals surface area contributed by atoms with E-state index in [0.29, 0.717) is 5.82 Å². The predicted molar refractivity (Wildman–Crippen MR) is 83.7 cm³/mol. The molecule has 0 bridgehead atoms. The van der Waals surface area contributed by atoms with E-state index in [2.05, 4.69) is 20.2 Å². The van der Waals surface area contributed by atoms with Crippen molar-refractivity contribution in [2.75, 3.05) is 31.1 Å². The molecule has 1 fully saturated rings. The van der Waals surface area contributed by atoms with Gasteiger partial charge in [0.05, 0.1) is 17.1 Å². The first kappa shape index (κ1) is 13.8. The molecule has 0 spiro atoms. The Balaban J connectivity index is 1.97. The van der Waals surface area contributed by atoms with Crippen molar-refractivity contribution in [3.05, 3.63) is 35.7 Å². The summed E-state index contributed by atoms with van der Waals surface area (Å²) >= 11 is 0. The number of benzene rings is 1. The van der Waals surface area contributed by atoms with Crippen molar-refractivity contribution in [3.8, 4) is 17.1 Å². The van der Waals surface area contributed by atoms with Crippen LogP contribution >= 0.6 is 0 Å². The number of rotatable bonds is 2. The van der Waals surface area contributed by atoms with Gasteiger partial charge in [0.2, 0.25) is 0 Å². The number of anilines is 1. The molecule has 21 heavy (non-hydrogen) atoms. The monoisotopic (exact) mass is 284 g/mol. The summed E-state index contributed by atoms with van der Waals surface area (Å²) in [5.41, 5.74) is 4.09. The van der Waals surface area contributed by atoms with E-state index >= 15 is 0 Å². The SMILES string of the molecule is Cc1nc(-c2ccc(O)cc2)nc(C)c1N1CCNCC1.